The molecule has 0 atom stereocenters. The van der Waals surface area contributed by atoms with Crippen LogP contribution in [0, 0.1) is 11.3 Å². The lowest BCUT2D eigenvalue weighted by Gasteiger charge is -2.31. The Balaban J connectivity index is 1.97. The molecule has 0 aromatic carbocycles. The van der Waals surface area contributed by atoms with Crippen LogP contribution in [0.15, 0.2) is 16.9 Å². The van der Waals surface area contributed by atoms with Crippen LogP contribution in [0.4, 0.5) is 5.82 Å². The van der Waals surface area contributed by atoms with Crippen molar-refractivity contribution < 1.29 is 14.1 Å². The monoisotopic (exact) mass is 335 g/mol. The lowest BCUT2D eigenvalue weighted by atomic mass is 9.88. The van der Waals surface area contributed by atoms with Gasteiger partial charge in [0.15, 0.2) is 5.82 Å². The maximum absolute atomic E-state index is 12.7. The Morgan fingerprint density at radius 3 is 2.58 bits per heavy atom. The predicted octanol–water partition coefficient (Wildman–Crippen LogP) is 3.46. The molecule has 0 radical (unpaired) electrons. The van der Waals surface area contributed by atoms with E-state index < -0.39 is 0 Å². The summed E-state index contributed by atoms with van der Waals surface area (Å²) in [5.41, 5.74) is -0.0928. The van der Waals surface area contributed by atoms with Crippen molar-refractivity contribution >= 4 is 17.6 Å². The van der Waals surface area contributed by atoms with E-state index in [4.69, 9.17) is 4.52 Å². The van der Waals surface area contributed by atoms with E-state index in [1.807, 2.05) is 20.8 Å². The summed E-state index contributed by atoms with van der Waals surface area (Å²) < 4.78 is 4.71. The van der Waals surface area contributed by atoms with Crippen LogP contribution in [0.25, 0.3) is 0 Å². The van der Waals surface area contributed by atoms with Crippen molar-refractivity contribution in [3.63, 3.8) is 0 Å². The molecule has 1 aromatic rings. The third-order valence-electron chi connectivity index (χ3n) is 4.28. The maximum atomic E-state index is 12.7. The fourth-order valence-corrected chi connectivity index (χ4v) is 3.13. The Kier molecular flexibility index (Phi) is 6.40. The molecule has 1 heterocycles. The van der Waals surface area contributed by atoms with Gasteiger partial charge in [0.05, 0.1) is 6.54 Å². The summed E-state index contributed by atoms with van der Waals surface area (Å²) in [7, 11) is 0. The number of anilines is 1. The number of carbonyl (C=O) groups excluding carboxylic acids is 2. The van der Waals surface area contributed by atoms with E-state index in [1.54, 1.807) is 11.0 Å². The molecule has 1 aliphatic rings. The number of carbonyl (C=O) groups is 2. The molecule has 1 N–H and O–H groups in total. The molecule has 24 heavy (non-hydrogen) atoms. The summed E-state index contributed by atoms with van der Waals surface area (Å²) in [5, 5.41) is 6.34. The molecule has 1 aromatic heterocycles. The average Bonchev–Trinajstić information content (AvgIpc) is 2.98. The van der Waals surface area contributed by atoms with Crippen molar-refractivity contribution in [2.45, 2.75) is 59.3 Å². The van der Waals surface area contributed by atoms with E-state index in [2.05, 4.69) is 10.5 Å². The molecule has 0 saturated heterocycles. The molecule has 0 unspecified atom stereocenters. The van der Waals surface area contributed by atoms with Gasteiger partial charge in [0.25, 0.3) is 0 Å². The van der Waals surface area contributed by atoms with Gasteiger partial charge in [-0.1, -0.05) is 45.2 Å². The quantitative estimate of drug-likeness (QED) is 0.864. The van der Waals surface area contributed by atoms with E-state index in [9.17, 15) is 9.59 Å². The van der Waals surface area contributed by atoms with Gasteiger partial charge in [-0.05, 0) is 24.2 Å². The van der Waals surface area contributed by atoms with Crippen LogP contribution in [0.1, 0.15) is 59.3 Å². The number of nitrogens with zero attached hydrogens (tertiary/aromatic N) is 2. The summed E-state index contributed by atoms with van der Waals surface area (Å²) in [4.78, 5) is 26.6. The van der Waals surface area contributed by atoms with Crippen LogP contribution in [0.5, 0.6) is 0 Å². The third kappa shape index (κ3) is 6.34. The van der Waals surface area contributed by atoms with Crippen molar-refractivity contribution in [3.05, 3.63) is 12.3 Å². The smallest absolute Gasteiger partial charge is 0.245 e. The largest absolute Gasteiger partial charge is 0.363 e. The maximum Gasteiger partial charge on any atom is 0.245 e. The zero-order chi connectivity index (χ0) is 17.6. The molecule has 1 fully saturated rings. The minimum absolute atomic E-state index is 0.0448. The normalized spacial score (nSPS) is 16.0. The van der Waals surface area contributed by atoms with Crippen molar-refractivity contribution in [2.75, 3.05) is 18.4 Å². The lowest BCUT2D eigenvalue weighted by Crippen LogP contribution is -2.42. The highest BCUT2D eigenvalue weighted by Gasteiger charge is 2.26. The third-order valence-corrected chi connectivity index (χ3v) is 4.28. The van der Waals surface area contributed by atoms with Gasteiger partial charge < -0.3 is 14.7 Å². The molecule has 0 bridgehead atoms. The Labute approximate surface area is 143 Å². The second-order valence-corrected chi connectivity index (χ2v) is 7.95. The molecular weight excluding hydrogens is 306 g/mol. The van der Waals surface area contributed by atoms with Crippen molar-refractivity contribution in [1.29, 1.82) is 0 Å². The zero-order valence-corrected chi connectivity index (χ0v) is 15.0. The first-order valence-corrected chi connectivity index (χ1v) is 8.81. The van der Waals surface area contributed by atoms with Crippen molar-refractivity contribution in [3.8, 4) is 0 Å². The van der Waals surface area contributed by atoms with E-state index in [0.717, 1.165) is 12.8 Å². The van der Waals surface area contributed by atoms with E-state index in [0.29, 0.717) is 24.7 Å². The van der Waals surface area contributed by atoms with Crippen LogP contribution in [-0.2, 0) is 9.59 Å². The average molecular weight is 335 g/mol. The van der Waals surface area contributed by atoms with Gasteiger partial charge in [-0.25, -0.2) is 0 Å². The first-order valence-electron chi connectivity index (χ1n) is 8.81. The van der Waals surface area contributed by atoms with Gasteiger partial charge in [-0.15, -0.1) is 0 Å². The molecule has 0 aliphatic heterocycles. The first kappa shape index (κ1) is 18.5. The molecule has 1 aliphatic carbocycles. The second-order valence-electron chi connectivity index (χ2n) is 7.95. The SMILES string of the molecule is CC(C)(C)CC(=O)N(CC(=O)Nc1ccon1)CC1CCCCC1. The number of amides is 2. The number of hydrogen-bond acceptors (Lipinski definition) is 4. The Bertz CT molecular complexity index is 528. The highest BCUT2D eigenvalue weighted by molar-refractivity contribution is 5.93. The van der Waals surface area contributed by atoms with Crippen LogP contribution < -0.4 is 5.32 Å². The van der Waals surface area contributed by atoms with Gasteiger partial charge in [0.1, 0.15) is 6.26 Å². The van der Waals surface area contributed by atoms with Crippen LogP contribution in [0.3, 0.4) is 0 Å². The summed E-state index contributed by atoms with van der Waals surface area (Å²) in [6.07, 6.45) is 7.85. The molecule has 6 heteroatoms. The fourth-order valence-electron chi connectivity index (χ4n) is 3.13. The number of rotatable bonds is 6. The molecule has 1 saturated carbocycles. The molecule has 134 valence electrons. The van der Waals surface area contributed by atoms with Crippen LogP contribution >= 0.6 is 0 Å². The zero-order valence-electron chi connectivity index (χ0n) is 15.0. The fraction of sp³-hybridized carbons (Fsp3) is 0.722. The van der Waals surface area contributed by atoms with Gasteiger partial charge in [0, 0.05) is 19.0 Å². The van der Waals surface area contributed by atoms with E-state index in [-0.39, 0.29) is 23.8 Å². The highest BCUT2D eigenvalue weighted by atomic mass is 16.5. The first-order chi connectivity index (χ1) is 11.3. The summed E-state index contributed by atoms with van der Waals surface area (Å²) in [5.74, 6) is 0.689. The molecule has 2 amide bonds. The minimum Gasteiger partial charge on any atom is -0.363 e. The van der Waals surface area contributed by atoms with E-state index >= 15 is 0 Å². The van der Waals surface area contributed by atoms with Crippen molar-refractivity contribution in [2.24, 2.45) is 11.3 Å². The summed E-state index contributed by atoms with van der Waals surface area (Å²) in [6, 6.07) is 1.58. The Morgan fingerprint density at radius 2 is 2.00 bits per heavy atom. The Hall–Kier alpha value is -1.85. The summed E-state index contributed by atoms with van der Waals surface area (Å²) >= 11 is 0. The standard InChI is InChI=1S/C18H29N3O3/c1-18(2,3)11-17(23)21(12-14-7-5-4-6-8-14)13-16(22)19-15-9-10-24-20-15/h9-10,14H,4-8,11-13H2,1-3H3,(H,19,20,22). The molecular formula is C18H29N3O3. The van der Waals surface area contributed by atoms with Crippen LogP contribution in [-0.4, -0.2) is 35.0 Å². The number of nitrogens with one attached hydrogen (secondary N) is 1. The summed E-state index contributed by atoms with van der Waals surface area (Å²) in [6.45, 7) is 6.86. The minimum atomic E-state index is -0.234. The van der Waals surface area contributed by atoms with Gasteiger partial charge in [-0.2, -0.15) is 0 Å². The van der Waals surface area contributed by atoms with Crippen molar-refractivity contribution in [1.82, 2.24) is 10.1 Å². The molecule has 0 spiro atoms. The van der Waals surface area contributed by atoms with E-state index in [1.165, 1.54) is 25.5 Å². The van der Waals surface area contributed by atoms with Gasteiger partial charge in [-0.3, -0.25) is 9.59 Å². The number of aromatic nitrogens is 1. The Morgan fingerprint density at radius 1 is 1.29 bits per heavy atom. The van der Waals surface area contributed by atoms with Gasteiger partial charge >= 0.3 is 0 Å². The second kappa shape index (κ2) is 8.31. The van der Waals surface area contributed by atoms with Gasteiger partial charge in [0.2, 0.25) is 11.8 Å². The number of hydrogen-bond donors (Lipinski definition) is 1. The predicted molar refractivity (Wildman–Crippen MR) is 92.4 cm³/mol. The molecule has 6 nitrogen and oxygen atoms in total. The topological polar surface area (TPSA) is 75.4 Å². The molecule has 2 rings (SSSR count). The highest BCUT2D eigenvalue weighted by Crippen LogP contribution is 2.26. The van der Waals surface area contributed by atoms with Crippen LogP contribution in [0.2, 0.25) is 0 Å². The lowest BCUT2D eigenvalue weighted by molar-refractivity contribution is -0.137.